The fourth-order valence-electron chi connectivity index (χ4n) is 4.99. The fraction of sp³-hybridized carbons (Fsp3) is 0.483. The van der Waals surface area contributed by atoms with Gasteiger partial charge in [-0.3, -0.25) is 19.2 Å². The molecule has 0 fully saturated rings. The molecule has 2 heterocycles. The van der Waals surface area contributed by atoms with Crippen molar-refractivity contribution in [2.75, 3.05) is 6.54 Å². The summed E-state index contributed by atoms with van der Waals surface area (Å²) in [7, 11) is 0. The quantitative estimate of drug-likeness (QED) is 0.0600. The number of rotatable bonds is 23. The lowest BCUT2D eigenvalue weighted by Crippen LogP contribution is -2.51. The Morgan fingerprint density at radius 3 is 1.78 bits per heavy atom. The summed E-state index contributed by atoms with van der Waals surface area (Å²) in [6.07, 6.45) is 5.84. The van der Waals surface area contributed by atoms with Crippen molar-refractivity contribution in [3.8, 4) is 0 Å². The van der Waals surface area contributed by atoms with Crippen LogP contribution in [0.15, 0.2) is 36.1 Å². The first-order chi connectivity index (χ1) is 23.7. The highest BCUT2D eigenvalue weighted by molar-refractivity contribution is 5.87. The Balaban J connectivity index is 1.56. The second kappa shape index (κ2) is 18.0. The van der Waals surface area contributed by atoms with E-state index in [9.17, 15) is 54.0 Å². The summed E-state index contributed by atoms with van der Waals surface area (Å²) in [5.41, 5.74) is 7.53. The molecule has 50 heavy (non-hydrogen) atoms. The number of amides is 3. The SMILES string of the molecule is N[C@H](C(=O)NCCCC[C@H](NC(=O)N[C@@H](CCC(=O)O)C(=O)O)C(=O)O)C1=C(N(Cc2nccn2CC(=O)O)Cc2nccn2CC(=O)O)C1. The predicted molar refractivity (Wildman–Crippen MR) is 167 cm³/mol. The number of urea groups is 1. The number of aliphatic carboxylic acids is 5. The number of carbonyl (C=O) groups excluding carboxylic acids is 2. The van der Waals surface area contributed by atoms with E-state index < -0.39 is 72.8 Å². The zero-order valence-electron chi connectivity index (χ0n) is 26.7. The number of hydrogen-bond acceptors (Lipinski definition) is 11. The van der Waals surface area contributed by atoms with Gasteiger partial charge >= 0.3 is 35.9 Å². The van der Waals surface area contributed by atoms with Crippen LogP contribution in [0.2, 0.25) is 0 Å². The molecule has 3 amide bonds. The van der Waals surface area contributed by atoms with E-state index >= 15 is 0 Å². The van der Waals surface area contributed by atoms with Gasteiger partial charge in [0.1, 0.15) is 42.9 Å². The number of imidazole rings is 2. The highest BCUT2D eigenvalue weighted by atomic mass is 16.4. The summed E-state index contributed by atoms with van der Waals surface area (Å²) in [5.74, 6) is -5.95. The zero-order chi connectivity index (χ0) is 37.0. The normalized spacial score (nSPS) is 13.9. The van der Waals surface area contributed by atoms with Gasteiger partial charge in [0.05, 0.1) is 13.1 Å². The van der Waals surface area contributed by atoms with Crippen LogP contribution >= 0.6 is 0 Å². The Morgan fingerprint density at radius 1 is 0.780 bits per heavy atom. The fourth-order valence-corrected chi connectivity index (χ4v) is 4.99. The summed E-state index contributed by atoms with van der Waals surface area (Å²) >= 11 is 0. The number of hydrogen-bond donors (Lipinski definition) is 9. The van der Waals surface area contributed by atoms with Crippen molar-refractivity contribution in [2.24, 2.45) is 5.73 Å². The van der Waals surface area contributed by atoms with Crippen molar-refractivity contribution in [1.82, 2.24) is 40.0 Å². The minimum Gasteiger partial charge on any atom is -0.481 e. The van der Waals surface area contributed by atoms with Crippen molar-refractivity contribution in [1.29, 1.82) is 0 Å². The van der Waals surface area contributed by atoms with Crippen molar-refractivity contribution >= 4 is 41.8 Å². The molecule has 0 radical (unpaired) electrons. The summed E-state index contributed by atoms with van der Waals surface area (Å²) in [6, 6.07) is -5.06. The van der Waals surface area contributed by atoms with E-state index in [0.717, 1.165) is 0 Å². The van der Waals surface area contributed by atoms with Gasteiger partial charge in [-0.25, -0.2) is 24.4 Å². The van der Waals surface area contributed by atoms with Crippen LogP contribution in [0.5, 0.6) is 0 Å². The number of nitrogens with one attached hydrogen (secondary N) is 3. The van der Waals surface area contributed by atoms with Crippen molar-refractivity contribution in [3.05, 3.63) is 47.7 Å². The Labute approximate surface area is 283 Å². The van der Waals surface area contributed by atoms with Crippen LogP contribution in [0.25, 0.3) is 0 Å². The second-order valence-corrected chi connectivity index (χ2v) is 11.3. The van der Waals surface area contributed by atoms with E-state index in [0.29, 0.717) is 35.8 Å². The number of carbonyl (C=O) groups is 7. The van der Waals surface area contributed by atoms with Gasteiger partial charge in [0.15, 0.2) is 0 Å². The third-order valence-electron chi connectivity index (χ3n) is 7.59. The Morgan fingerprint density at radius 2 is 1.30 bits per heavy atom. The molecule has 0 bridgehead atoms. The second-order valence-electron chi connectivity index (χ2n) is 11.3. The molecular weight excluding hydrogens is 666 g/mol. The van der Waals surface area contributed by atoms with Gasteiger partial charge in [-0.15, -0.1) is 0 Å². The molecule has 1 aliphatic carbocycles. The predicted octanol–water partition coefficient (Wildman–Crippen LogP) is -1.41. The van der Waals surface area contributed by atoms with E-state index in [2.05, 4.69) is 20.6 Å². The monoisotopic (exact) mass is 705 g/mol. The molecule has 2 aromatic rings. The van der Waals surface area contributed by atoms with Gasteiger partial charge in [0.25, 0.3) is 0 Å². The molecule has 0 unspecified atom stereocenters. The first-order valence-electron chi connectivity index (χ1n) is 15.3. The van der Waals surface area contributed by atoms with E-state index in [1.54, 1.807) is 4.90 Å². The van der Waals surface area contributed by atoms with Gasteiger partial charge in [0, 0.05) is 49.9 Å². The Hall–Kier alpha value is -5.99. The number of carboxylic acid groups (broad SMARTS) is 5. The topological polar surface area (TPSA) is 322 Å². The molecule has 0 aliphatic heterocycles. The standard InChI is InChI=1S/C29H39N9O12/c30-25(26(45)33-6-2-1-3-17(27(46)47)34-29(50)35-18(28(48)49)4-5-22(39)40)16-11-19(16)38(12-20-31-7-9-36(20)14-23(41)42)13-21-32-8-10-37(21)15-24(43)44/h7-10,17-18,25H,1-6,11-15,30H2,(H,33,45)(H,39,40)(H,41,42)(H,43,44)(H,46,47)(H,48,49)(H2,34,35,50)/t17-,18-,25-/m0/s1. The molecule has 21 nitrogen and oxygen atoms in total. The highest BCUT2D eigenvalue weighted by Crippen LogP contribution is 2.37. The lowest BCUT2D eigenvalue weighted by molar-refractivity contribution is -0.141. The maximum atomic E-state index is 12.9. The van der Waals surface area contributed by atoms with E-state index in [4.69, 9.17) is 10.8 Å². The van der Waals surface area contributed by atoms with Crippen LogP contribution in [0.1, 0.15) is 50.2 Å². The number of carboxylic acids is 5. The maximum absolute atomic E-state index is 12.9. The molecule has 1 aliphatic rings. The molecule has 272 valence electrons. The smallest absolute Gasteiger partial charge is 0.326 e. The Bertz CT molecular complexity index is 1560. The average Bonchev–Trinajstić information content (AvgIpc) is 3.53. The van der Waals surface area contributed by atoms with Crippen molar-refractivity contribution in [3.63, 3.8) is 0 Å². The molecule has 10 N–H and O–H groups in total. The van der Waals surface area contributed by atoms with Crippen LogP contribution < -0.4 is 21.7 Å². The molecule has 3 atom stereocenters. The molecule has 0 spiro atoms. The first-order valence-corrected chi connectivity index (χ1v) is 15.3. The van der Waals surface area contributed by atoms with Crippen LogP contribution in [0.4, 0.5) is 4.79 Å². The lowest BCUT2D eigenvalue weighted by atomic mass is 10.1. The number of unbranched alkanes of at least 4 members (excludes halogenated alkanes) is 1. The largest absolute Gasteiger partial charge is 0.481 e. The van der Waals surface area contributed by atoms with Crippen LogP contribution in [-0.4, -0.2) is 116 Å². The maximum Gasteiger partial charge on any atom is 0.326 e. The summed E-state index contributed by atoms with van der Waals surface area (Å²) < 4.78 is 2.89. The summed E-state index contributed by atoms with van der Waals surface area (Å²) in [6.45, 7) is -0.318. The third kappa shape index (κ3) is 11.9. The molecule has 3 rings (SSSR count). The average molecular weight is 706 g/mol. The number of nitrogens with two attached hydrogens (primary N) is 1. The van der Waals surface area contributed by atoms with Crippen molar-refractivity contribution < 1.29 is 59.1 Å². The van der Waals surface area contributed by atoms with Gasteiger partial charge in [-0.2, -0.15) is 0 Å². The summed E-state index contributed by atoms with van der Waals surface area (Å²) in [5, 5.41) is 52.8. The number of nitrogens with zero attached hydrogens (tertiary/aromatic N) is 5. The van der Waals surface area contributed by atoms with E-state index in [1.165, 1.54) is 33.9 Å². The van der Waals surface area contributed by atoms with Crippen molar-refractivity contribution in [2.45, 2.75) is 82.8 Å². The van der Waals surface area contributed by atoms with Gasteiger partial charge in [-0.05, 0) is 31.3 Å². The van der Waals surface area contributed by atoms with Crippen LogP contribution in [0, 0.1) is 0 Å². The van der Waals surface area contributed by atoms with E-state index in [-0.39, 0.29) is 45.6 Å². The highest BCUT2D eigenvalue weighted by Gasteiger charge is 2.36. The summed E-state index contributed by atoms with van der Waals surface area (Å²) in [4.78, 5) is 91.6. The van der Waals surface area contributed by atoms with Crippen LogP contribution in [0.3, 0.4) is 0 Å². The Kier molecular flexibility index (Phi) is 13.8. The molecule has 0 aromatic carbocycles. The molecule has 0 saturated heterocycles. The number of allylic oxidation sites excluding steroid dienone is 1. The zero-order valence-corrected chi connectivity index (χ0v) is 26.7. The molecule has 0 saturated carbocycles. The molecular formula is C29H39N9O12. The molecule has 2 aromatic heterocycles. The van der Waals surface area contributed by atoms with Crippen LogP contribution in [-0.2, 0) is 54.9 Å². The van der Waals surface area contributed by atoms with Gasteiger partial charge < -0.3 is 61.3 Å². The lowest BCUT2D eigenvalue weighted by Gasteiger charge is -2.22. The third-order valence-corrected chi connectivity index (χ3v) is 7.59. The minimum absolute atomic E-state index is 0.0585. The van der Waals surface area contributed by atoms with E-state index in [1.807, 2.05) is 5.32 Å². The first kappa shape index (κ1) is 38.5. The number of aromatic nitrogens is 4. The van der Waals surface area contributed by atoms with Gasteiger partial charge in [-0.1, -0.05) is 0 Å². The van der Waals surface area contributed by atoms with Gasteiger partial charge in [0.2, 0.25) is 5.91 Å². The minimum atomic E-state index is -1.53. The molecule has 21 heteroatoms.